The molecule has 1 aliphatic heterocycles. The van der Waals surface area contributed by atoms with E-state index < -0.39 is 5.97 Å². The number of aryl methyl sites for hydroxylation is 2. The Morgan fingerprint density at radius 2 is 1.60 bits per heavy atom. The number of hydrogen-bond donors (Lipinski definition) is 3. The Kier molecular flexibility index (Phi) is 9.12. The number of carbonyl (C=O) groups excluding carboxylic acids is 1. The van der Waals surface area contributed by atoms with Crippen molar-refractivity contribution in [3.63, 3.8) is 0 Å². The summed E-state index contributed by atoms with van der Waals surface area (Å²) in [5, 5.41) is 10.9. The first-order valence-electron chi connectivity index (χ1n) is 14.4. The van der Waals surface area contributed by atoms with Crippen molar-refractivity contribution in [2.45, 2.75) is 45.1 Å². The first-order valence-corrected chi connectivity index (χ1v) is 14.4. The van der Waals surface area contributed by atoms with Crippen LogP contribution >= 0.6 is 0 Å². The number of ether oxygens (including phenoxy) is 2. The molecule has 6 rings (SSSR count). The Morgan fingerprint density at radius 1 is 0.952 bits per heavy atom. The van der Waals surface area contributed by atoms with Gasteiger partial charge in [0.2, 0.25) is 6.41 Å². The highest BCUT2D eigenvalue weighted by Gasteiger charge is 2.28. The fourth-order valence-electron chi connectivity index (χ4n) is 5.67. The zero-order chi connectivity index (χ0) is 29.5. The van der Waals surface area contributed by atoms with Gasteiger partial charge in [-0.1, -0.05) is 36.4 Å². The molecule has 8 nitrogen and oxygen atoms in total. The van der Waals surface area contributed by atoms with Gasteiger partial charge in [0, 0.05) is 29.0 Å². The number of fused-ring (bicyclic) bond motifs is 3. The summed E-state index contributed by atoms with van der Waals surface area (Å²) in [4.78, 5) is 30.7. The van der Waals surface area contributed by atoms with Crippen LogP contribution in [-0.4, -0.2) is 52.6 Å². The molecule has 218 valence electrons. The SMILES string of the molecule is CCOc1cc2c(cc1OC)CCN(C=O)C2CCc1cc2ccccc2[nH]1.O=C(O)CCc1cc2ccccc2[nH]1. The van der Waals surface area contributed by atoms with Gasteiger partial charge in [0.05, 0.1) is 26.2 Å². The van der Waals surface area contributed by atoms with Crippen LogP contribution in [-0.2, 0) is 28.9 Å². The molecule has 42 heavy (non-hydrogen) atoms. The van der Waals surface area contributed by atoms with E-state index in [1.54, 1.807) is 7.11 Å². The molecule has 1 atom stereocenters. The average Bonchev–Trinajstić information content (AvgIpc) is 3.62. The fourth-order valence-corrected chi connectivity index (χ4v) is 5.67. The number of aromatic nitrogens is 2. The number of nitrogens with zero attached hydrogens (tertiary/aromatic N) is 1. The first-order chi connectivity index (χ1) is 20.5. The van der Waals surface area contributed by atoms with Gasteiger partial charge in [0.15, 0.2) is 11.5 Å². The van der Waals surface area contributed by atoms with E-state index in [0.29, 0.717) is 13.0 Å². The normalized spacial score (nSPS) is 14.2. The molecule has 0 saturated heterocycles. The molecule has 1 amide bonds. The van der Waals surface area contributed by atoms with E-state index in [4.69, 9.17) is 14.6 Å². The van der Waals surface area contributed by atoms with Crippen molar-refractivity contribution in [3.8, 4) is 11.5 Å². The predicted octanol–water partition coefficient (Wildman–Crippen LogP) is 6.45. The lowest BCUT2D eigenvalue weighted by atomic mass is 9.89. The fraction of sp³-hybridized carbons (Fsp3) is 0.294. The number of methoxy groups -OCH3 is 1. The number of nitrogens with one attached hydrogen (secondary N) is 2. The van der Waals surface area contributed by atoms with Crippen molar-refractivity contribution in [1.82, 2.24) is 14.9 Å². The van der Waals surface area contributed by atoms with E-state index in [9.17, 15) is 9.59 Å². The van der Waals surface area contributed by atoms with Crippen LogP contribution < -0.4 is 9.47 Å². The Labute approximate surface area is 245 Å². The maximum atomic E-state index is 11.7. The number of H-pyrrole nitrogens is 2. The lowest BCUT2D eigenvalue weighted by molar-refractivity contribution is -0.137. The Hall–Kier alpha value is -4.72. The maximum Gasteiger partial charge on any atom is 0.303 e. The summed E-state index contributed by atoms with van der Waals surface area (Å²) < 4.78 is 11.3. The van der Waals surface area contributed by atoms with Crippen LogP contribution in [0.1, 0.15) is 48.3 Å². The van der Waals surface area contributed by atoms with Crippen LogP contribution in [0.2, 0.25) is 0 Å². The number of aromatic amines is 2. The van der Waals surface area contributed by atoms with E-state index in [1.807, 2.05) is 54.3 Å². The summed E-state index contributed by atoms with van der Waals surface area (Å²) in [6.45, 7) is 3.27. The van der Waals surface area contributed by atoms with Gasteiger partial charge in [0.1, 0.15) is 0 Å². The summed E-state index contributed by atoms with van der Waals surface area (Å²) >= 11 is 0. The van der Waals surface area contributed by atoms with Gasteiger partial charge >= 0.3 is 5.97 Å². The van der Waals surface area contributed by atoms with Crippen LogP contribution in [0.5, 0.6) is 11.5 Å². The highest BCUT2D eigenvalue weighted by Crippen LogP contribution is 2.39. The lowest BCUT2D eigenvalue weighted by Gasteiger charge is -2.35. The second-order valence-electron chi connectivity index (χ2n) is 10.4. The van der Waals surface area contributed by atoms with Crippen LogP contribution in [0.25, 0.3) is 21.8 Å². The monoisotopic (exact) mass is 567 g/mol. The molecule has 0 fully saturated rings. The van der Waals surface area contributed by atoms with Gasteiger partial charge < -0.3 is 29.4 Å². The number of carboxylic acid groups (broad SMARTS) is 1. The molecular formula is C34H37N3O5. The second-order valence-corrected chi connectivity index (χ2v) is 10.4. The molecule has 5 aromatic rings. The minimum absolute atomic E-state index is 0.0396. The van der Waals surface area contributed by atoms with Crippen molar-refractivity contribution in [1.29, 1.82) is 0 Å². The first kappa shape index (κ1) is 28.8. The highest BCUT2D eigenvalue weighted by molar-refractivity contribution is 5.81. The van der Waals surface area contributed by atoms with Crippen molar-refractivity contribution in [2.75, 3.05) is 20.3 Å². The third-order valence-corrected chi connectivity index (χ3v) is 7.73. The Morgan fingerprint density at radius 3 is 2.17 bits per heavy atom. The third-order valence-electron chi connectivity index (χ3n) is 7.73. The molecule has 0 aliphatic carbocycles. The largest absolute Gasteiger partial charge is 0.493 e. The number of carboxylic acids is 1. The summed E-state index contributed by atoms with van der Waals surface area (Å²) in [7, 11) is 1.66. The zero-order valence-electron chi connectivity index (χ0n) is 24.1. The van der Waals surface area contributed by atoms with Crippen molar-refractivity contribution >= 4 is 34.2 Å². The number of rotatable bonds is 10. The quantitative estimate of drug-likeness (QED) is 0.168. The van der Waals surface area contributed by atoms with Crippen LogP contribution in [0.3, 0.4) is 0 Å². The van der Waals surface area contributed by atoms with Gasteiger partial charge in [-0.3, -0.25) is 9.59 Å². The summed E-state index contributed by atoms with van der Waals surface area (Å²) in [6.07, 6.45) is 4.27. The molecule has 2 aromatic heterocycles. The number of benzene rings is 3. The summed E-state index contributed by atoms with van der Waals surface area (Å²) in [6, 6.07) is 24.6. The van der Waals surface area contributed by atoms with Gasteiger partial charge in [-0.25, -0.2) is 0 Å². The van der Waals surface area contributed by atoms with E-state index in [1.165, 1.54) is 22.2 Å². The Bertz CT molecular complexity index is 1600. The zero-order valence-corrected chi connectivity index (χ0v) is 24.1. The molecule has 3 heterocycles. The molecule has 0 radical (unpaired) electrons. The molecule has 1 aliphatic rings. The van der Waals surface area contributed by atoms with Gasteiger partial charge in [-0.15, -0.1) is 0 Å². The Balaban J connectivity index is 0.000000211. The third kappa shape index (κ3) is 6.60. The molecule has 0 spiro atoms. The van der Waals surface area contributed by atoms with Crippen LogP contribution in [0.4, 0.5) is 0 Å². The minimum Gasteiger partial charge on any atom is -0.493 e. The summed E-state index contributed by atoms with van der Waals surface area (Å²) in [5.74, 6) is 0.741. The number of carbonyl (C=O) groups is 2. The van der Waals surface area contributed by atoms with Gasteiger partial charge in [-0.05, 0) is 90.9 Å². The number of para-hydroxylation sites is 2. The molecular weight excluding hydrogens is 530 g/mol. The van der Waals surface area contributed by atoms with Crippen LogP contribution in [0.15, 0.2) is 72.8 Å². The molecule has 0 bridgehead atoms. The van der Waals surface area contributed by atoms with Gasteiger partial charge in [0.25, 0.3) is 0 Å². The molecule has 0 saturated carbocycles. The number of aliphatic carboxylic acids is 1. The molecule has 3 N–H and O–H groups in total. The lowest BCUT2D eigenvalue weighted by Crippen LogP contribution is -2.34. The van der Waals surface area contributed by atoms with Crippen LogP contribution in [0, 0.1) is 0 Å². The van der Waals surface area contributed by atoms with Gasteiger partial charge in [-0.2, -0.15) is 0 Å². The molecule has 8 heteroatoms. The highest BCUT2D eigenvalue weighted by atomic mass is 16.5. The average molecular weight is 568 g/mol. The smallest absolute Gasteiger partial charge is 0.303 e. The number of hydrogen-bond acceptors (Lipinski definition) is 4. The maximum absolute atomic E-state index is 11.7. The van der Waals surface area contributed by atoms with E-state index >= 15 is 0 Å². The standard InChI is InChI=1S/C23H26N2O3.C11H11NO2/c1-3-28-23-14-19-16(13-22(23)27-2)10-11-25(15-26)21(19)9-8-18-12-17-6-4-5-7-20(17)24-18;13-11(14)6-5-9-7-8-3-1-2-4-10(8)12-9/h4-7,12-15,21,24H,3,8-11H2,1-2H3;1-4,7,12H,5-6H2,(H,13,14). The van der Waals surface area contributed by atoms with Crippen molar-refractivity contribution < 1.29 is 24.2 Å². The minimum atomic E-state index is -0.761. The van der Waals surface area contributed by atoms with E-state index in [-0.39, 0.29) is 12.5 Å². The predicted molar refractivity (Wildman–Crippen MR) is 164 cm³/mol. The molecule has 1 unspecified atom stereocenters. The van der Waals surface area contributed by atoms with Crippen molar-refractivity contribution in [2.24, 2.45) is 0 Å². The van der Waals surface area contributed by atoms with E-state index in [0.717, 1.165) is 65.8 Å². The molecule has 3 aromatic carbocycles. The van der Waals surface area contributed by atoms with Crippen molar-refractivity contribution in [3.05, 3.63) is 95.3 Å². The van der Waals surface area contributed by atoms with E-state index in [2.05, 4.69) is 40.3 Å². The topological polar surface area (TPSA) is 108 Å². The second kappa shape index (κ2) is 13.3. The number of amides is 1. The summed E-state index contributed by atoms with van der Waals surface area (Å²) in [5.41, 5.74) is 6.79.